The summed E-state index contributed by atoms with van der Waals surface area (Å²) in [5.74, 6) is 0.116. The topological polar surface area (TPSA) is 75.7 Å². The largest absolute Gasteiger partial charge is 0.496 e. The number of hydrogen-bond acceptors (Lipinski definition) is 4. The maximum atomic E-state index is 13.6. The molecule has 3 rings (SSSR count). The highest BCUT2D eigenvalue weighted by Crippen LogP contribution is 2.31. The van der Waals surface area contributed by atoms with Crippen LogP contribution in [-0.2, 0) is 14.8 Å². The zero-order valence-electron chi connectivity index (χ0n) is 19.9. The minimum absolute atomic E-state index is 0.0518. The summed E-state index contributed by atoms with van der Waals surface area (Å²) in [5, 5.41) is 2.95. The van der Waals surface area contributed by atoms with Crippen LogP contribution in [0.25, 0.3) is 0 Å². The summed E-state index contributed by atoms with van der Waals surface area (Å²) >= 11 is 3.35. The molecule has 0 saturated carbocycles. The van der Waals surface area contributed by atoms with E-state index in [-0.39, 0.29) is 17.5 Å². The Morgan fingerprint density at radius 3 is 2.24 bits per heavy atom. The van der Waals surface area contributed by atoms with Crippen LogP contribution in [0, 0.1) is 20.8 Å². The summed E-state index contributed by atoms with van der Waals surface area (Å²) < 4.78 is 34.1. The molecule has 0 radical (unpaired) electrons. The highest BCUT2D eigenvalue weighted by Gasteiger charge is 2.28. The third-order valence-corrected chi connectivity index (χ3v) is 7.98. The van der Waals surface area contributed by atoms with Gasteiger partial charge >= 0.3 is 0 Å². The number of halogens is 1. The van der Waals surface area contributed by atoms with Gasteiger partial charge in [0.15, 0.2) is 0 Å². The van der Waals surface area contributed by atoms with Gasteiger partial charge in [0.25, 0.3) is 10.0 Å². The van der Waals surface area contributed by atoms with Crippen LogP contribution >= 0.6 is 15.9 Å². The Labute approximate surface area is 210 Å². The van der Waals surface area contributed by atoms with Crippen molar-refractivity contribution in [1.29, 1.82) is 0 Å². The van der Waals surface area contributed by atoms with E-state index in [1.807, 2.05) is 52.0 Å². The molecular formula is C26H29BrN2O4S. The SMILES string of the molecule is COc1ccc(S(=O)(=O)N(CC(=O)N[C@@H](C)c2ccc(C)cc2C)c2ccc(C)cc2)cc1Br. The third-order valence-electron chi connectivity index (χ3n) is 5.59. The molecule has 0 aliphatic rings. The van der Waals surface area contributed by atoms with Gasteiger partial charge in [-0.2, -0.15) is 0 Å². The molecule has 180 valence electrons. The van der Waals surface area contributed by atoms with E-state index >= 15 is 0 Å². The van der Waals surface area contributed by atoms with Crippen LogP contribution in [0.5, 0.6) is 5.75 Å². The van der Waals surface area contributed by atoms with Crippen molar-refractivity contribution >= 4 is 37.5 Å². The molecule has 0 bridgehead atoms. The molecule has 0 aliphatic heterocycles. The predicted octanol–water partition coefficient (Wildman–Crippen LogP) is 5.46. The maximum Gasteiger partial charge on any atom is 0.264 e. The van der Waals surface area contributed by atoms with Crippen molar-refractivity contribution in [2.75, 3.05) is 18.0 Å². The van der Waals surface area contributed by atoms with E-state index in [0.29, 0.717) is 15.9 Å². The van der Waals surface area contributed by atoms with Gasteiger partial charge in [-0.25, -0.2) is 8.42 Å². The van der Waals surface area contributed by atoms with Gasteiger partial charge in [0.05, 0.1) is 28.2 Å². The highest BCUT2D eigenvalue weighted by atomic mass is 79.9. The molecule has 1 N–H and O–H groups in total. The number of methoxy groups -OCH3 is 1. The Morgan fingerprint density at radius 1 is 1.00 bits per heavy atom. The Balaban J connectivity index is 1.92. The monoisotopic (exact) mass is 544 g/mol. The Morgan fingerprint density at radius 2 is 1.65 bits per heavy atom. The number of benzene rings is 3. The molecule has 0 saturated heterocycles. The van der Waals surface area contributed by atoms with E-state index in [1.165, 1.54) is 19.2 Å². The minimum Gasteiger partial charge on any atom is -0.496 e. The third kappa shape index (κ3) is 5.80. The molecule has 0 aliphatic carbocycles. The summed E-state index contributed by atoms with van der Waals surface area (Å²) in [6.45, 7) is 7.46. The van der Waals surface area contributed by atoms with Crippen molar-refractivity contribution in [1.82, 2.24) is 5.32 Å². The maximum absolute atomic E-state index is 13.6. The first-order chi connectivity index (χ1) is 16.0. The van der Waals surface area contributed by atoms with Crippen LogP contribution in [0.2, 0.25) is 0 Å². The second kappa shape index (κ2) is 10.6. The first kappa shape index (κ1) is 25.8. The molecule has 34 heavy (non-hydrogen) atoms. The number of rotatable bonds is 8. The summed E-state index contributed by atoms with van der Waals surface area (Å²) in [6.07, 6.45) is 0. The first-order valence-corrected chi connectivity index (χ1v) is 13.1. The van der Waals surface area contributed by atoms with Crippen molar-refractivity contribution < 1.29 is 17.9 Å². The number of nitrogens with zero attached hydrogens (tertiary/aromatic N) is 1. The van der Waals surface area contributed by atoms with Crippen molar-refractivity contribution in [2.24, 2.45) is 0 Å². The number of carbonyl (C=O) groups is 1. The highest BCUT2D eigenvalue weighted by molar-refractivity contribution is 9.10. The number of sulfonamides is 1. The molecule has 0 fully saturated rings. The number of hydrogen-bond donors (Lipinski definition) is 1. The minimum atomic E-state index is -4.04. The second-order valence-corrected chi connectivity index (χ2v) is 11.0. The zero-order chi connectivity index (χ0) is 25.0. The van der Waals surface area contributed by atoms with Gasteiger partial charge in [0.2, 0.25) is 5.91 Å². The number of aryl methyl sites for hydroxylation is 3. The fourth-order valence-corrected chi connectivity index (χ4v) is 5.91. The molecule has 1 atom stereocenters. The van der Waals surface area contributed by atoms with E-state index in [2.05, 4.69) is 27.3 Å². The van der Waals surface area contributed by atoms with Gasteiger partial charge in [-0.05, 0) is 85.1 Å². The van der Waals surface area contributed by atoms with Crippen LogP contribution < -0.4 is 14.4 Å². The lowest BCUT2D eigenvalue weighted by Gasteiger charge is -2.26. The molecule has 3 aromatic carbocycles. The summed E-state index contributed by atoms with van der Waals surface area (Å²) in [4.78, 5) is 13.1. The van der Waals surface area contributed by atoms with Crippen LogP contribution in [0.3, 0.4) is 0 Å². The average molecular weight is 545 g/mol. The van der Waals surface area contributed by atoms with E-state index in [4.69, 9.17) is 4.74 Å². The fourth-order valence-electron chi connectivity index (χ4n) is 3.77. The van der Waals surface area contributed by atoms with E-state index < -0.39 is 15.9 Å². The number of anilines is 1. The van der Waals surface area contributed by atoms with E-state index in [1.54, 1.807) is 18.2 Å². The lowest BCUT2D eigenvalue weighted by Crippen LogP contribution is -2.41. The van der Waals surface area contributed by atoms with E-state index in [9.17, 15) is 13.2 Å². The second-order valence-electron chi connectivity index (χ2n) is 8.29. The molecule has 1 amide bonds. The van der Waals surface area contributed by atoms with Crippen molar-refractivity contribution in [3.63, 3.8) is 0 Å². The standard InChI is InChI=1S/C26H29BrN2O4S/c1-17-6-9-21(10-7-17)29(34(31,32)22-11-13-25(33-5)24(27)15-22)16-26(30)28-20(4)23-12-8-18(2)14-19(23)3/h6-15,20H,16H2,1-5H3,(H,28,30)/t20-/m0/s1. The molecule has 6 nitrogen and oxygen atoms in total. The Hall–Kier alpha value is -2.84. The van der Waals surface area contributed by atoms with Gasteiger partial charge in [-0.15, -0.1) is 0 Å². The normalized spacial score (nSPS) is 12.2. The summed E-state index contributed by atoms with van der Waals surface area (Å²) in [6, 6.07) is 17.3. The molecule has 0 spiro atoms. The number of carbonyl (C=O) groups excluding carboxylic acids is 1. The fraction of sp³-hybridized carbons (Fsp3) is 0.269. The summed E-state index contributed by atoms with van der Waals surface area (Å²) in [5.41, 5.74) is 4.59. The molecular weight excluding hydrogens is 516 g/mol. The number of amides is 1. The van der Waals surface area contributed by atoms with Crippen LogP contribution in [0.4, 0.5) is 5.69 Å². The Kier molecular flexibility index (Phi) is 8.05. The van der Waals surface area contributed by atoms with Crippen LogP contribution in [0.1, 0.15) is 35.2 Å². The molecule has 3 aromatic rings. The van der Waals surface area contributed by atoms with Crippen molar-refractivity contribution in [3.05, 3.63) is 87.4 Å². The van der Waals surface area contributed by atoms with Gasteiger partial charge < -0.3 is 10.1 Å². The average Bonchev–Trinajstić information content (AvgIpc) is 2.78. The van der Waals surface area contributed by atoms with Gasteiger partial charge in [-0.3, -0.25) is 9.10 Å². The van der Waals surface area contributed by atoms with Crippen LogP contribution in [0.15, 0.2) is 70.0 Å². The zero-order valence-corrected chi connectivity index (χ0v) is 22.3. The Bertz CT molecular complexity index is 1290. The number of ether oxygens (including phenoxy) is 1. The summed E-state index contributed by atoms with van der Waals surface area (Å²) in [7, 11) is -2.53. The molecule has 0 heterocycles. The first-order valence-electron chi connectivity index (χ1n) is 10.8. The smallest absolute Gasteiger partial charge is 0.264 e. The van der Waals surface area contributed by atoms with Crippen molar-refractivity contribution in [2.45, 2.75) is 38.6 Å². The predicted molar refractivity (Wildman–Crippen MR) is 139 cm³/mol. The molecule has 0 aromatic heterocycles. The molecule has 0 unspecified atom stereocenters. The van der Waals surface area contributed by atoms with Crippen molar-refractivity contribution in [3.8, 4) is 5.75 Å². The lowest BCUT2D eigenvalue weighted by atomic mass is 10.0. The van der Waals surface area contributed by atoms with Gasteiger partial charge in [0.1, 0.15) is 12.3 Å². The lowest BCUT2D eigenvalue weighted by molar-refractivity contribution is -0.120. The van der Waals surface area contributed by atoms with Gasteiger partial charge in [-0.1, -0.05) is 41.5 Å². The van der Waals surface area contributed by atoms with Crippen LogP contribution in [-0.4, -0.2) is 28.0 Å². The molecule has 8 heteroatoms. The van der Waals surface area contributed by atoms with E-state index in [0.717, 1.165) is 26.6 Å². The quantitative estimate of drug-likeness (QED) is 0.408. The van der Waals surface area contributed by atoms with Gasteiger partial charge in [0, 0.05) is 0 Å². The number of nitrogens with one attached hydrogen (secondary N) is 1.